The van der Waals surface area contributed by atoms with E-state index in [1.807, 2.05) is 0 Å². The van der Waals surface area contributed by atoms with Crippen molar-refractivity contribution in [1.82, 2.24) is 4.98 Å². The highest BCUT2D eigenvalue weighted by molar-refractivity contribution is 6.31. The van der Waals surface area contributed by atoms with Crippen LogP contribution in [0.25, 0.3) is 0 Å². The fraction of sp³-hybridized carbons (Fsp3) is 0.160. The lowest BCUT2D eigenvalue weighted by Crippen LogP contribution is -2.17. The smallest absolute Gasteiger partial charge is 0.341 e. The molecule has 0 aliphatic rings. The fourth-order valence-electron chi connectivity index (χ4n) is 3.16. The number of amidine groups is 1. The van der Waals surface area contributed by atoms with Crippen LogP contribution in [0.4, 0.5) is 11.4 Å². The molecule has 3 rings (SSSR count). The quantitative estimate of drug-likeness (QED) is 0.142. The molecule has 12 heteroatoms. The first-order chi connectivity index (χ1) is 17.6. The summed E-state index contributed by atoms with van der Waals surface area (Å²) in [5.41, 5.74) is 7.92. The molecule has 2 aromatic carbocycles. The number of carbonyl (C=O) groups excluding carboxylic acids is 2. The van der Waals surface area contributed by atoms with Gasteiger partial charge in [-0.15, -0.1) is 0 Å². The Morgan fingerprint density at radius 3 is 2.49 bits per heavy atom. The van der Waals surface area contributed by atoms with Gasteiger partial charge in [0.25, 0.3) is 5.91 Å². The van der Waals surface area contributed by atoms with Gasteiger partial charge in [0.15, 0.2) is 6.61 Å². The summed E-state index contributed by atoms with van der Waals surface area (Å²) in [6, 6.07) is 14.3. The Labute approximate surface area is 217 Å². The molecule has 6 N–H and O–H groups in total. The third-order valence-corrected chi connectivity index (χ3v) is 5.13. The first-order valence-electron chi connectivity index (χ1n) is 10.9. The van der Waals surface area contributed by atoms with Gasteiger partial charge in [0, 0.05) is 28.9 Å². The van der Waals surface area contributed by atoms with Crippen molar-refractivity contribution in [2.45, 2.75) is 20.1 Å². The zero-order chi connectivity index (χ0) is 26.9. The topological polar surface area (TPSA) is 177 Å². The average Bonchev–Trinajstić information content (AvgIpc) is 2.86. The van der Waals surface area contributed by atoms with Crippen LogP contribution < -0.4 is 21.1 Å². The number of nitrogens with two attached hydrogens (primary N) is 1. The molecular formula is C25H24ClN5O6. The van der Waals surface area contributed by atoms with Crippen molar-refractivity contribution in [3.05, 3.63) is 82.1 Å². The van der Waals surface area contributed by atoms with Crippen LogP contribution in [0.1, 0.15) is 34.2 Å². The van der Waals surface area contributed by atoms with Gasteiger partial charge in [-0.3, -0.25) is 15.0 Å². The second kappa shape index (κ2) is 12.4. The van der Waals surface area contributed by atoms with Crippen molar-refractivity contribution in [1.29, 1.82) is 5.41 Å². The summed E-state index contributed by atoms with van der Waals surface area (Å²) in [5.74, 6) is -1.95. The minimum Gasteiger partial charge on any atom is -0.480 e. The molecule has 0 atom stereocenters. The average molecular weight is 526 g/mol. The van der Waals surface area contributed by atoms with Gasteiger partial charge in [0.2, 0.25) is 0 Å². The highest BCUT2D eigenvalue weighted by atomic mass is 35.5. The van der Waals surface area contributed by atoms with E-state index in [1.54, 1.807) is 42.5 Å². The second-order valence-electron chi connectivity index (χ2n) is 7.70. The molecule has 0 bridgehead atoms. The van der Waals surface area contributed by atoms with Gasteiger partial charge in [-0.25, -0.2) is 9.78 Å². The minimum atomic E-state index is -1.16. The van der Waals surface area contributed by atoms with Crippen LogP contribution >= 0.6 is 11.6 Å². The number of ether oxygens (including phenoxy) is 2. The van der Waals surface area contributed by atoms with Crippen molar-refractivity contribution in [3.8, 4) is 5.75 Å². The number of hydrogen-bond donors (Lipinski definition) is 5. The predicted molar refractivity (Wildman–Crippen MR) is 137 cm³/mol. The molecule has 0 radical (unpaired) electrons. The number of pyridine rings is 1. The maximum absolute atomic E-state index is 13.0. The minimum absolute atomic E-state index is 0.0537. The molecule has 0 aliphatic heterocycles. The van der Waals surface area contributed by atoms with Crippen LogP contribution in [0.15, 0.2) is 54.6 Å². The van der Waals surface area contributed by atoms with E-state index in [2.05, 4.69) is 15.6 Å². The van der Waals surface area contributed by atoms with Crippen LogP contribution in [0.5, 0.6) is 5.75 Å². The van der Waals surface area contributed by atoms with Crippen molar-refractivity contribution >= 4 is 46.7 Å². The van der Waals surface area contributed by atoms with E-state index in [9.17, 15) is 14.4 Å². The predicted octanol–water partition coefficient (Wildman–Crippen LogP) is 3.41. The summed E-state index contributed by atoms with van der Waals surface area (Å²) in [5, 5.41) is 22.7. The third kappa shape index (κ3) is 7.94. The van der Waals surface area contributed by atoms with E-state index in [-0.39, 0.29) is 30.3 Å². The van der Waals surface area contributed by atoms with Crippen molar-refractivity contribution in [2.75, 3.05) is 17.2 Å². The van der Waals surface area contributed by atoms with E-state index < -0.39 is 24.5 Å². The number of nitrogens with zero attached hydrogens (tertiary/aromatic N) is 1. The number of aliphatic carboxylic acids is 1. The molecule has 0 saturated carbocycles. The molecule has 1 aromatic heterocycles. The number of halogens is 1. The molecule has 1 heterocycles. The molecule has 0 saturated heterocycles. The molecule has 3 aromatic rings. The molecule has 11 nitrogen and oxygen atoms in total. The number of esters is 1. The van der Waals surface area contributed by atoms with Crippen molar-refractivity contribution in [2.24, 2.45) is 5.73 Å². The van der Waals surface area contributed by atoms with Crippen LogP contribution in [-0.2, 0) is 27.5 Å². The maximum Gasteiger partial charge on any atom is 0.341 e. The van der Waals surface area contributed by atoms with Gasteiger partial charge in [-0.2, -0.15) is 0 Å². The van der Waals surface area contributed by atoms with E-state index in [0.29, 0.717) is 33.3 Å². The number of aromatic nitrogens is 1. The van der Waals surface area contributed by atoms with Crippen molar-refractivity contribution < 1.29 is 29.0 Å². The SMILES string of the molecule is CC(=O)OCc1ccc(OCC(=O)O)c(CNc2ccc(Cl)cc2C(=O)Nc2ccc(C(=N)N)cc2)n1. The zero-order valence-corrected chi connectivity index (χ0v) is 20.5. The summed E-state index contributed by atoms with van der Waals surface area (Å²) < 4.78 is 10.3. The fourth-order valence-corrected chi connectivity index (χ4v) is 3.33. The summed E-state index contributed by atoms with van der Waals surface area (Å²) in [6.45, 7) is 0.684. The van der Waals surface area contributed by atoms with Crippen LogP contribution in [-0.4, -0.2) is 40.4 Å². The van der Waals surface area contributed by atoms with Gasteiger partial charge in [0.05, 0.1) is 17.8 Å². The van der Waals surface area contributed by atoms with E-state index in [0.717, 1.165) is 0 Å². The lowest BCUT2D eigenvalue weighted by atomic mass is 10.1. The largest absolute Gasteiger partial charge is 0.480 e. The Morgan fingerprint density at radius 1 is 1.11 bits per heavy atom. The Bertz CT molecular complexity index is 1330. The Kier molecular flexibility index (Phi) is 9.00. The summed E-state index contributed by atoms with van der Waals surface area (Å²) in [4.78, 5) is 39.6. The number of rotatable bonds is 11. The molecule has 0 fully saturated rings. The number of amides is 1. The van der Waals surface area contributed by atoms with E-state index in [1.165, 1.54) is 19.1 Å². The van der Waals surface area contributed by atoms with Crippen LogP contribution in [0.3, 0.4) is 0 Å². The molecular weight excluding hydrogens is 502 g/mol. The Balaban J connectivity index is 1.81. The third-order valence-electron chi connectivity index (χ3n) is 4.89. The van der Waals surface area contributed by atoms with Gasteiger partial charge < -0.3 is 30.9 Å². The maximum atomic E-state index is 13.0. The van der Waals surface area contributed by atoms with Crippen molar-refractivity contribution in [3.63, 3.8) is 0 Å². The lowest BCUT2D eigenvalue weighted by molar-refractivity contribution is -0.142. The Hall–Kier alpha value is -4.64. The number of carboxylic acid groups (broad SMARTS) is 1. The highest BCUT2D eigenvalue weighted by Gasteiger charge is 2.15. The molecule has 0 unspecified atom stereocenters. The summed E-state index contributed by atoms with van der Waals surface area (Å²) in [6.07, 6.45) is 0. The summed E-state index contributed by atoms with van der Waals surface area (Å²) in [7, 11) is 0. The Morgan fingerprint density at radius 2 is 1.84 bits per heavy atom. The number of anilines is 2. The second-order valence-corrected chi connectivity index (χ2v) is 8.14. The normalized spacial score (nSPS) is 10.3. The number of hydrogen-bond acceptors (Lipinski definition) is 8. The first kappa shape index (κ1) is 27.0. The molecule has 1 amide bonds. The molecule has 37 heavy (non-hydrogen) atoms. The standard InChI is InChI=1S/C25H24ClN5O6/c1-14(32)36-12-18-7-9-22(37-13-23(33)34)21(30-18)11-29-20-8-4-16(26)10-19(20)25(35)31-17-5-2-15(3-6-17)24(27)28/h2-10,29H,11-13H2,1H3,(H3,27,28)(H,31,35)(H,33,34). The number of benzene rings is 2. The van der Waals surface area contributed by atoms with Gasteiger partial charge in [0.1, 0.15) is 23.9 Å². The summed E-state index contributed by atoms with van der Waals surface area (Å²) >= 11 is 6.14. The van der Waals surface area contributed by atoms with E-state index in [4.69, 9.17) is 37.3 Å². The molecule has 0 spiro atoms. The number of nitrogens with one attached hydrogen (secondary N) is 3. The molecule has 0 aliphatic carbocycles. The van der Waals surface area contributed by atoms with Crippen LogP contribution in [0, 0.1) is 5.41 Å². The van der Waals surface area contributed by atoms with Gasteiger partial charge >= 0.3 is 11.9 Å². The number of carboxylic acids is 1. The van der Waals surface area contributed by atoms with Gasteiger partial charge in [-0.1, -0.05) is 11.6 Å². The lowest BCUT2D eigenvalue weighted by Gasteiger charge is -2.15. The van der Waals surface area contributed by atoms with Crippen LogP contribution in [0.2, 0.25) is 5.02 Å². The number of carbonyl (C=O) groups is 3. The first-order valence-corrected chi connectivity index (χ1v) is 11.3. The monoisotopic (exact) mass is 525 g/mol. The zero-order valence-electron chi connectivity index (χ0n) is 19.7. The number of nitrogen functional groups attached to an aromatic ring is 1. The highest BCUT2D eigenvalue weighted by Crippen LogP contribution is 2.25. The van der Waals surface area contributed by atoms with E-state index >= 15 is 0 Å². The molecule has 192 valence electrons. The van der Waals surface area contributed by atoms with Gasteiger partial charge in [-0.05, 0) is 54.6 Å².